The quantitative estimate of drug-likeness (QED) is 0.604. The average Bonchev–Trinajstić information content (AvgIpc) is 1.87. The second kappa shape index (κ2) is 4.31. The molecule has 0 atom stereocenters. The van der Waals surface area contributed by atoms with Gasteiger partial charge in [-0.1, -0.05) is 0 Å². The first-order valence-corrected chi connectivity index (χ1v) is 3.54. The van der Waals surface area contributed by atoms with Crippen LogP contribution in [-0.4, -0.2) is 29.8 Å². The highest BCUT2D eigenvalue weighted by Gasteiger charge is 2.15. The maximum atomic E-state index is 10.1. The second-order valence-corrected chi connectivity index (χ2v) is 2.96. The maximum absolute atomic E-state index is 10.1. The van der Waals surface area contributed by atoms with Gasteiger partial charge in [-0.25, -0.2) is 0 Å². The van der Waals surface area contributed by atoms with Crippen molar-refractivity contribution in [2.45, 2.75) is 25.9 Å². The molecule has 0 saturated carbocycles. The molecular weight excluding hydrogens is 146 g/mol. The SMILES string of the molecule is CC(C)(CN)OCCC(=O)O. The van der Waals surface area contributed by atoms with Gasteiger partial charge in [0.25, 0.3) is 0 Å². The maximum Gasteiger partial charge on any atom is 0.305 e. The van der Waals surface area contributed by atoms with E-state index in [9.17, 15) is 4.79 Å². The molecule has 0 fully saturated rings. The molecule has 3 N–H and O–H groups in total. The zero-order valence-corrected chi connectivity index (χ0v) is 6.96. The highest BCUT2D eigenvalue weighted by Crippen LogP contribution is 2.06. The lowest BCUT2D eigenvalue weighted by molar-refractivity contribution is -0.139. The van der Waals surface area contributed by atoms with Crippen molar-refractivity contribution in [2.24, 2.45) is 5.73 Å². The van der Waals surface area contributed by atoms with Crippen LogP contribution in [0.1, 0.15) is 20.3 Å². The summed E-state index contributed by atoms with van der Waals surface area (Å²) in [5, 5.41) is 8.27. The Bertz CT molecular complexity index is 134. The van der Waals surface area contributed by atoms with Crippen LogP contribution in [0.2, 0.25) is 0 Å². The molecule has 4 nitrogen and oxygen atoms in total. The molecule has 0 spiro atoms. The molecule has 0 aliphatic carbocycles. The normalized spacial score (nSPS) is 11.5. The summed E-state index contributed by atoms with van der Waals surface area (Å²) in [5.74, 6) is -0.849. The zero-order chi connectivity index (χ0) is 8.91. The average molecular weight is 161 g/mol. The predicted molar refractivity (Wildman–Crippen MR) is 41.3 cm³/mol. The summed E-state index contributed by atoms with van der Waals surface area (Å²) < 4.78 is 5.18. The van der Waals surface area contributed by atoms with Crippen LogP contribution in [0.4, 0.5) is 0 Å². The van der Waals surface area contributed by atoms with E-state index in [0.29, 0.717) is 6.54 Å². The van der Waals surface area contributed by atoms with Gasteiger partial charge in [-0.05, 0) is 13.8 Å². The molecule has 0 amide bonds. The summed E-state index contributed by atoms with van der Waals surface area (Å²) in [6.07, 6.45) is 0.0312. The Morgan fingerprint density at radius 1 is 1.64 bits per heavy atom. The molecule has 4 heteroatoms. The largest absolute Gasteiger partial charge is 0.481 e. The van der Waals surface area contributed by atoms with E-state index < -0.39 is 11.6 Å². The van der Waals surface area contributed by atoms with Gasteiger partial charge in [0.15, 0.2) is 0 Å². The number of ether oxygens (including phenoxy) is 1. The zero-order valence-electron chi connectivity index (χ0n) is 6.96. The third-order valence-corrected chi connectivity index (χ3v) is 1.30. The van der Waals surface area contributed by atoms with Crippen molar-refractivity contribution in [2.75, 3.05) is 13.2 Å². The molecule has 0 heterocycles. The van der Waals surface area contributed by atoms with E-state index >= 15 is 0 Å². The number of carboxylic acids is 1. The summed E-state index contributed by atoms with van der Waals surface area (Å²) >= 11 is 0. The number of hydrogen-bond donors (Lipinski definition) is 2. The molecule has 0 rings (SSSR count). The number of rotatable bonds is 5. The van der Waals surface area contributed by atoms with Crippen LogP contribution in [0.3, 0.4) is 0 Å². The van der Waals surface area contributed by atoms with Gasteiger partial charge in [-0.15, -0.1) is 0 Å². The lowest BCUT2D eigenvalue weighted by Gasteiger charge is -2.22. The molecule has 0 aliphatic heterocycles. The fourth-order valence-corrected chi connectivity index (χ4v) is 0.474. The molecule has 0 unspecified atom stereocenters. The lowest BCUT2D eigenvalue weighted by atomic mass is 10.1. The number of aliphatic carboxylic acids is 1. The van der Waals surface area contributed by atoms with Crippen molar-refractivity contribution in [3.05, 3.63) is 0 Å². The summed E-state index contributed by atoms with van der Waals surface area (Å²) in [4.78, 5) is 10.1. The van der Waals surface area contributed by atoms with Crippen molar-refractivity contribution < 1.29 is 14.6 Å². The molecule has 0 bridgehead atoms. The fourth-order valence-electron chi connectivity index (χ4n) is 0.474. The van der Waals surface area contributed by atoms with Crippen molar-refractivity contribution in [3.63, 3.8) is 0 Å². The highest BCUT2D eigenvalue weighted by atomic mass is 16.5. The van der Waals surface area contributed by atoms with Crippen LogP contribution in [0.15, 0.2) is 0 Å². The topological polar surface area (TPSA) is 72.5 Å². The Hall–Kier alpha value is -0.610. The van der Waals surface area contributed by atoms with Gasteiger partial charge >= 0.3 is 5.97 Å². The van der Waals surface area contributed by atoms with E-state index in [2.05, 4.69) is 0 Å². The van der Waals surface area contributed by atoms with Crippen LogP contribution in [0.25, 0.3) is 0 Å². The molecule has 0 aromatic rings. The van der Waals surface area contributed by atoms with E-state index in [0.717, 1.165) is 0 Å². The van der Waals surface area contributed by atoms with Crippen LogP contribution in [0.5, 0.6) is 0 Å². The minimum absolute atomic E-state index is 0.0312. The first-order chi connectivity index (χ1) is 4.98. The molecule has 66 valence electrons. The number of carbonyl (C=O) groups is 1. The number of carboxylic acid groups (broad SMARTS) is 1. The molecule has 11 heavy (non-hydrogen) atoms. The van der Waals surface area contributed by atoms with Crippen molar-refractivity contribution in [1.29, 1.82) is 0 Å². The van der Waals surface area contributed by atoms with Gasteiger partial charge in [0.1, 0.15) is 0 Å². The lowest BCUT2D eigenvalue weighted by Crippen LogP contribution is -2.34. The molecular formula is C7H15NO3. The van der Waals surface area contributed by atoms with Gasteiger partial charge in [0.2, 0.25) is 0 Å². The minimum atomic E-state index is -0.849. The Kier molecular flexibility index (Phi) is 4.07. The molecule has 0 aliphatic rings. The van der Waals surface area contributed by atoms with Crippen LogP contribution < -0.4 is 5.73 Å². The van der Waals surface area contributed by atoms with E-state index in [1.807, 2.05) is 13.8 Å². The number of hydrogen-bond acceptors (Lipinski definition) is 3. The van der Waals surface area contributed by atoms with Crippen LogP contribution in [-0.2, 0) is 9.53 Å². The van der Waals surface area contributed by atoms with Crippen molar-refractivity contribution >= 4 is 5.97 Å². The second-order valence-electron chi connectivity index (χ2n) is 2.96. The van der Waals surface area contributed by atoms with Crippen molar-refractivity contribution in [1.82, 2.24) is 0 Å². The Morgan fingerprint density at radius 2 is 2.18 bits per heavy atom. The first kappa shape index (κ1) is 10.4. The summed E-state index contributed by atoms with van der Waals surface area (Å²) in [6, 6.07) is 0. The van der Waals surface area contributed by atoms with Gasteiger partial charge in [-0.3, -0.25) is 4.79 Å². The van der Waals surface area contributed by atoms with Gasteiger partial charge < -0.3 is 15.6 Å². The predicted octanol–water partition coefficient (Wildman–Crippen LogP) is 0.215. The highest BCUT2D eigenvalue weighted by molar-refractivity contribution is 5.66. The summed E-state index contributed by atoms with van der Waals surface area (Å²) in [5.41, 5.74) is 4.94. The molecule has 0 aromatic heterocycles. The number of nitrogens with two attached hydrogens (primary N) is 1. The van der Waals surface area contributed by atoms with Gasteiger partial charge in [-0.2, -0.15) is 0 Å². The minimum Gasteiger partial charge on any atom is -0.481 e. The molecule has 0 radical (unpaired) electrons. The Morgan fingerprint density at radius 3 is 2.55 bits per heavy atom. The summed E-state index contributed by atoms with van der Waals surface area (Å²) in [7, 11) is 0. The van der Waals surface area contributed by atoms with Gasteiger partial charge in [0.05, 0.1) is 18.6 Å². The van der Waals surface area contributed by atoms with Crippen molar-refractivity contribution in [3.8, 4) is 0 Å². The third kappa shape index (κ3) is 5.82. The third-order valence-electron chi connectivity index (χ3n) is 1.30. The molecule has 0 aromatic carbocycles. The van der Waals surface area contributed by atoms with E-state index in [1.165, 1.54) is 0 Å². The Labute approximate surface area is 66.3 Å². The van der Waals surface area contributed by atoms with Gasteiger partial charge in [0, 0.05) is 6.54 Å². The summed E-state index contributed by atoms with van der Waals surface area (Å²) in [6.45, 7) is 4.27. The Balaban J connectivity index is 3.45. The van der Waals surface area contributed by atoms with E-state index in [1.54, 1.807) is 0 Å². The smallest absolute Gasteiger partial charge is 0.305 e. The monoisotopic (exact) mass is 161 g/mol. The first-order valence-electron chi connectivity index (χ1n) is 3.54. The van der Waals surface area contributed by atoms with E-state index in [-0.39, 0.29) is 13.0 Å². The standard InChI is InChI=1S/C7H15NO3/c1-7(2,5-8)11-4-3-6(9)10/h3-5,8H2,1-2H3,(H,9,10). The molecule has 0 saturated heterocycles. The van der Waals surface area contributed by atoms with Crippen LogP contribution in [0, 0.1) is 0 Å². The fraction of sp³-hybridized carbons (Fsp3) is 0.857. The van der Waals surface area contributed by atoms with E-state index in [4.69, 9.17) is 15.6 Å². The van der Waals surface area contributed by atoms with Crippen LogP contribution >= 0.6 is 0 Å².